The quantitative estimate of drug-likeness (QED) is 0.749. The lowest BCUT2D eigenvalue weighted by atomic mass is 10.2. The second kappa shape index (κ2) is 4.49. The van der Waals surface area contributed by atoms with Crippen LogP contribution in [0.3, 0.4) is 0 Å². The third-order valence-corrected chi connectivity index (χ3v) is 2.72. The van der Waals surface area contributed by atoms with Gasteiger partial charge >= 0.3 is 5.97 Å². The number of hydrogen-bond donors (Lipinski definition) is 2. The molecule has 1 saturated heterocycles. The number of piperazine rings is 1. The van der Waals surface area contributed by atoms with Crippen LogP contribution in [0, 0.1) is 6.92 Å². The highest BCUT2D eigenvalue weighted by molar-refractivity contribution is 5.78. The van der Waals surface area contributed by atoms with Gasteiger partial charge in [-0.25, -0.2) is 9.78 Å². The summed E-state index contributed by atoms with van der Waals surface area (Å²) in [5.74, 6) is -0.0749. The lowest BCUT2D eigenvalue weighted by molar-refractivity contribution is -0.138. The highest BCUT2D eigenvalue weighted by Crippen LogP contribution is 2.15. The van der Waals surface area contributed by atoms with Gasteiger partial charge in [0.15, 0.2) is 0 Å². The number of aliphatic carboxylic acids is 1. The third kappa shape index (κ3) is 2.14. The predicted molar refractivity (Wildman–Crippen MR) is 60.6 cm³/mol. The van der Waals surface area contributed by atoms with Crippen LogP contribution in [0.15, 0.2) is 18.3 Å². The van der Waals surface area contributed by atoms with E-state index in [9.17, 15) is 4.79 Å². The number of anilines is 1. The Morgan fingerprint density at radius 3 is 3.06 bits per heavy atom. The average molecular weight is 221 g/mol. The molecule has 1 aliphatic heterocycles. The molecule has 2 N–H and O–H groups in total. The van der Waals surface area contributed by atoms with Gasteiger partial charge in [0.1, 0.15) is 11.9 Å². The number of pyridine rings is 1. The van der Waals surface area contributed by atoms with E-state index in [1.807, 2.05) is 24.0 Å². The summed E-state index contributed by atoms with van der Waals surface area (Å²) in [5.41, 5.74) is 1.07. The number of carbonyl (C=O) groups is 1. The van der Waals surface area contributed by atoms with Crippen molar-refractivity contribution in [3.63, 3.8) is 0 Å². The fourth-order valence-corrected chi connectivity index (χ4v) is 1.83. The number of carboxylic acids is 1. The molecular weight excluding hydrogens is 206 g/mol. The van der Waals surface area contributed by atoms with Gasteiger partial charge in [0.05, 0.1) is 0 Å². The van der Waals surface area contributed by atoms with Crippen LogP contribution in [0.2, 0.25) is 0 Å². The van der Waals surface area contributed by atoms with Crippen LogP contribution >= 0.6 is 0 Å². The van der Waals surface area contributed by atoms with Crippen molar-refractivity contribution < 1.29 is 9.90 Å². The lowest BCUT2D eigenvalue weighted by Gasteiger charge is -2.34. The molecule has 1 aromatic rings. The second-order valence-corrected chi connectivity index (χ2v) is 3.95. The summed E-state index contributed by atoms with van der Waals surface area (Å²) < 4.78 is 0. The summed E-state index contributed by atoms with van der Waals surface area (Å²) in [4.78, 5) is 17.2. The summed E-state index contributed by atoms with van der Waals surface area (Å²) in [7, 11) is 0. The minimum Gasteiger partial charge on any atom is -0.480 e. The lowest BCUT2D eigenvalue weighted by Crippen LogP contribution is -2.55. The molecule has 0 aromatic carbocycles. The first-order valence-corrected chi connectivity index (χ1v) is 5.31. The Labute approximate surface area is 94.1 Å². The molecule has 0 unspecified atom stereocenters. The Bertz CT molecular complexity index is 377. The minimum absolute atomic E-state index is 0.463. The number of rotatable bonds is 2. The third-order valence-electron chi connectivity index (χ3n) is 2.72. The van der Waals surface area contributed by atoms with Gasteiger partial charge in [-0.05, 0) is 18.6 Å². The molecule has 0 aliphatic carbocycles. The molecule has 0 amide bonds. The molecule has 1 fully saturated rings. The maximum Gasteiger partial charge on any atom is 0.327 e. The zero-order valence-electron chi connectivity index (χ0n) is 9.18. The van der Waals surface area contributed by atoms with Crippen molar-refractivity contribution >= 4 is 11.8 Å². The van der Waals surface area contributed by atoms with Gasteiger partial charge in [-0.1, -0.05) is 6.07 Å². The number of nitrogens with one attached hydrogen (secondary N) is 1. The van der Waals surface area contributed by atoms with Crippen LogP contribution in [0.25, 0.3) is 0 Å². The first kappa shape index (κ1) is 10.9. The summed E-state index contributed by atoms with van der Waals surface area (Å²) in [6.07, 6.45) is 1.76. The van der Waals surface area contributed by atoms with E-state index in [1.165, 1.54) is 0 Å². The molecule has 0 radical (unpaired) electrons. The first-order chi connectivity index (χ1) is 7.68. The normalized spacial score (nSPS) is 20.8. The van der Waals surface area contributed by atoms with E-state index >= 15 is 0 Å². The molecule has 5 nitrogen and oxygen atoms in total. The maximum absolute atomic E-state index is 11.1. The summed E-state index contributed by atoms with van der Waals surface area (Å²) in [5, 5.41) is 12.2. The van der Waals surface area contributed by atoms with E-state index in [0.29, 0.717) is 13.1 Å². The van der Waals surface area contributed by atoms with E-state index in [-0.39, 0.29) is 0 Å². The van der Waals surface area contributed by atoms with E-state index in [2.05, 4.69) is 10.3 Å². The van der Waals surface area contributed by atoms with Crippen LogP contribution < -0.4 is 10.2 Å². The van der Waals surface area contributed by atoms with Gasteiger partial charge in [-0.2, -0.15) is 0 Å². The largest absolute Gasteiger partial charge is 0.480 e. The molecule has 2 heterocycles. The standard InChI is InChI=1S/C11H15N3O2/c1-8-2-3-10(13-6-8)14-5-4-12-7-9(14)11(15)16/h2-3,6,9,12H,4-5,7H2,1H3,(H,15,16)/t9-/m0/s1. The Morgan fingerprint density at radius 2 is 2.44 bits per heavy atom. The van der Waals surface area contributed by atoms with Crippen LogP contribution in [-0.2, 0) is 4.79 Å². The van der Waals surface area contributed by atoms with Crippen molar-refractivity contribution in [2.75, 3.05) is 24.5 Å². The topological polar surface area (TPSA) is 65.5 Å². The molecule has 5 heteroatoms. The maximum atomic E-state index is 11.1. The van der Waals surface area contributed by atoms with Crippen LogP contribution in [0.4, 0.5) is 5.82 Å². The first-order valence-electron chi connectivity index (χ1n) is 5.31. The van der Waals surface area contributed by atoms with Gasteiger partial charge in [-0.15, -0.1) is 0 Å². The monoisotopic (exact) mass is 221 g/mol. The Balaban J connectivity index is 2.23. The number of hydrogen-bond acceptors (Lipinski definition) is 4. The Kier molecular flexibility index (Phi) is 3.05. The van der Waals surface area contributed by atoms with Gasteiger partial charge in [-0.3, -0.25) is 0 Å². The highest BCUT2D eigenvalue weighted by Gasteiger charge is 2.28. The minimum atomic E-state index is -0.811. The number of nitrogens with zero attached hydrogens (tertiary/aromatic N) is 2. The van der Waals surface area contributed by atoms with Crippen molar-refractivity contribution in [1.29, 1.82) is 0 Å². The van der Waals surface area contributed by atoms with Crippen molar-refractivity contribution in [3.8, 4) is 0 Å². The molecule has 1 aliphatic rings. The fourth-order valence-electron chi connectivity index (χ4n) is 1.83. The van der Waals surface area contributed by atoms with Crippen molar-refractivity contribution in [2.45, 2.75) is 13.0 Å². The van der Waals surface area contributed by atoms with Gasteiger partial charge in [0, 0.05) is 25.8 Å². The summed E-state index contributed by atoms with van der Waals surface area (Å²) in [6, 6.07) is 3.30. The van der Waals surface area contributed by atoms with E-state index in [0.717, 1.165) is 17.9 Å². The summed E-state index contributed by atoms with van der Waals surface area (Å²) in [6.45, 7) is 3.89. The zero-order chi connectivity index (χ0) is 11.5. The predicted octanol–water partition coefficient (Wildman–Crippen LogP) is 0.253. The molecule has 1 atom stereocenters. The molecule has 86 valence electrons. The highest BCUT2D eigenvalue weighted by atomic mass is 16.4. The molecule has 0 bridgehead atoms. The van der Waals surface area contributed by atoms with Gasteiger partial charge < -0.3 is 15.3 Å². The van der Waals surface area contributed by atoms with Crippen LogP contribution in [-0.4, -0.2) is 41.7 Å². The molecule has 2 rings (SSSR count). The number of aromatic nitrogens is 1. The molecule has 1 aromatic heterocycles. The fraction of sp³-hybridized carbons (Fsp3) is 0.455. The smallest absolute Gasteiger partial charge is 0.327 e. The SMILES string of the molecule is Cc1ccc(N2CCNC[C@H]2C(=O)O)nc1. The van der Waals surface area contributed by atoms with E-state index in [1.54, 1.807) is 6.20 Å². The zero-order valence-corrected chi connectivity index (χ0v) is 9.18. The van der Waals surface area contributed by atoms with E-state index < -0.39 is 12.0 Å². The Morgan fingerprint density at radius 1 is 1.62 bits per heavy atom. The number of carboxylic acid groups (broad SMARTS) is 1. The summed E-state index contributed by atoms with van der Waals surface area (Å²) >= 11 is 0. The molecule has 0 saturated carbocycles. The van der Waals surface area contributed by atoms with Gasteiger partial charge in [0.2, 0.25) is 0 Å². The van der Waals surface area contributed by atoms with Crippen LogP contribution in [0.5, 0.6) is 0 Å². The Hall–Kier alpha value is -1.62. The second-order valence-electron chi connectivity index (χ2n) is 3.95. The van der Waals surface area contributed by atoms with Gasteiger partial charge in [0.25, 0.3) is 0 Å². The van der Waals surface area contributed by atoms with Crippen molar-refractivity contribution in [1.82, 2.24) is 10.3 Å². The van der Waals surface area contributed by atoms with Crippen molar-refractivity contribution in [2.24, 2.45) is 0 Å². The molecule has 0 spiro atoms. The van der Waals surface area contributed by atoms with Crippen LogP contribution in [0.1, 0.15) is 5.56 Å². The van der Waals surface area contributed by atoms with Crippen molar-refractivity contribution in [3.05, 3.63) is 23.9 Å². The van der Waals surface area contributed by atoms with E-state index in [4.69, 9.17) is 5.11 Å². The number of aryl methyl sites for hydroxylation is 1. The molecule has 16 heavy (non-hydrogen) atoms. The molecular formula is C11H15N3O2. The average Bonchev–Trinajstić information content (AvgIpc) is 2.30.